The maximum absolute atomic E-state index is 13.2. The molecule has 3 nitrogen and oxygen atoms in total. The van der Waals surface area contributed by atoms with Crippen LogP contribution in [0.4, 0.5) is 8.78 Å². The van der Waals surface area contributed by atoms with Gasteiger partial charge in [-0.1, -0.05) is 6.92 Å². The molecule has 20 heavy (non-hydrogen) atoms. The zero-order valence-corrected chi connectivity index (χ0v) is 12.8. The van der Waals surface area contributed by atoms with Gasteiger partial charge in [-0.25, -0.2) is 8.78 Å². The van der Waals surface area contributed by atoms with E-state index in [1.54, 1.807) is 11.7 Å². The van der Waals surface area contributed by atoms with Crippen molar-refractivity contribution < 1.29 is 13.9 Å². The molecule has 2 rings (SSSR count). The van der Waals surface area contributed by atoms with Gasteiger partial charge in [0, 0.05) is 19.5 Å². The van der Waals surface area contributed by atoms with Crippen molar-refractivity contribution in [2.24, 2.45) is 7.05 Å². The molecular weight excluding hydrogens is 330 g/mol. The maximum atomic E-state index is 13.2. The monoisotopic (exact) mass is 344 g/mol. The average molecular weight is 345 g/mol. The Balaban J connectivity index is 2.27. The summed E-state index contributed by atoms with van der Waals surface area (Å²) in [6.45, 7) is 1.98. The summed E-state index contributed by atoms with van der Waals surface area (Å²) < 4.78 is 28.8. The van der Waals surface area contributed by atoms with Crippen molar-refractivity contribution in [1.29, 1.82) is 0 Å². The first-order valence-corrected chi connectivity index (χ1v) is 7.06. The molecule has 2 aromatic rings. The van der Waals surface area contributed by atoms with E-state index in [1.165, 1.54) is 0 Å². The molecule has 1 aromatic carbocycles. The molecule has 0 amide bonds. The second-order valence-electron chi connectivity index (χ2n) is 4.61. The van der Waals surface area contributed by atoms with E-state index in [1.807, 2.05) is 6.92 Å². The summed E-state index contributed by atoms with van der Waals surface area (Å²) >= 11 is 3.45. The normalized spacial score (nSPS) is 12.7. The largest absolute Gasteiger partial charge is 0.388 e. The zero-order chi connectivity index (χ0) is 14.9. The summed E-state index contributed by atoms with van der Waals surface area (Å²) in [6, 6.07) is 3.06. The molecule has 0 aliphatic rings. The van der Waals surface area contributed by atoms with Crippen molar-refractivity contribution >= 4 is 15.9 Å². The number of nitrogens with zero attached hydrogens (tertiary/aromatic N) is 2. The van der Waals surface area contributed by atoms with Crippen molar-refractivity contribution in [2.45, 2.75) is 25.9 Å². The van der Waals surface area contributed by atoms with Gasteiger partial charge in [0.25, 0.3) is 0 Å². The third kappa shape index (κ3) is 3.07. The predicted octanol–water partition coefficient (Wildman–Crippen LogP) is 3.30. The summed E-state index contributed by atoms with van der Waals surface area (Å²) in [6.07, 6.45) is 0.00290. The maximum Gasteiger partial charge on any atom is 0.126 e. The summed E-state index contributed by atoms with van der Waals surface area (Å²) in [5, 5.41) is 14.5. The Kier molecular flexibility index (Phi) is 4.55. The number of hydrogen-bond acceptors (Lipinski definition) is 2. The number of aliphatic hydroxyl groups excluding tert-OH is 1. The van der Waals surface area contributed by atoms with Crippen LogP contribution in [0.3, 0.4) is 0 Å². The van der Waals surface area contributed by atoms with Gasteiger partial charge < -0.3 is 5.11 Å². The third-order valence-corrected chi connectivity index (χ3v) is 4.07. The minimum Gasteiger partial charge on any atom is -0.388 e. The van der Waals surface area contributed by atoms with E-state index in [2.05, 4.69) is 21.0 Å². The summed E-state index contributed by atoms with van der Waals surface area (Å²) in [7, 11) is 1.78. The Bertz CT molecular complexity index is 608. The minimum absolute atomic E-state index is 0.216. The van der Waals surface area contributed by atoms with Crippen LogP contribution < -0.4 is 0 Å². The van der Waals surface area contributed by atoms with Crippen molar-refractivity contribution in [3.63, 3.8) is 0 Å². The van der Waals surface area contributed by atoms with Gasteiger partial charge in [-0.2, -0.15) is 5.10 Å². The molecule has 0 saturated carbocycles. The molecule has 0 aliphatic heterocycles. The molecule has 0 radical (unpaired) electrons. The molecule has 108 valence electrons. The lowest BCUT2D eigenvalue weighted by atomic mass is 10.0. The van der Waals surface area contributed by atoms with E-state index in [0.717, 1.165) is 40.5 Å². The van der Waals surface area contributed by atoms with Crippen LogP contribution in [-0.2, 0) is 19.9 Å². The Morgan fingerprint density at radius 3 is 2.40 bits per heavy atom. The van der Waals surface area contributed by atoms with E-state index in [0.29, 0.717) is 0 Å². The van der Waals surface area contributed by atoms with Gasteiger partial charge in [-0.05, 0) is 40.0 Å². The summed E-state index contributed by atoms with van der Waals surface area (Å²) in [5.41, 5.74) is 1.90. The first-order chi connectivity index (χ1) is 9.42. The number of rotatable bonds is 4. The first kappa shape index (κ1) is 15.1. The second-order valence-corrected chi connectivity index (χ2v) is 5.40. The van der Waals surface area contributed by atoms with E-state index < -0.39 is 17.7 Å². The number of aryl methyl sites for hydroxylation is 2. The highest BCUT2D eigenvalue weighted by atomic mass is 79.9. The topological polar surface area (TPSA) is 38.0 Å². The van der Waals surface area contributed by atoms with Gasteiger partial charge in [0.05, 0.1) is 22.0 Å². The number of benzene rings is 1. The highest BCUT2D eigenvalue weighted by molar-refractivity contribution is 9.10. The van der Waals surface area contributed by atoms with E-state index in [-0.39, 0.29) is 12.0 Å². The predicted molar refractivity (Wildman–Crippen MR) is 75.3 cm³/mol. The van der Waals surface area contributed by atoms with Gasteiger partial charge in [0.1, 0.15) is 11.6 Å². The molecule has 1 N–H and O–H groups in total. The van der Waals surface area contributed by atoms with Crippen LogP contribution in [0.5, 0.6) is 0 Å². The molecule has 1 unspecified atom stereocenters. The lowest BCUT2D eigenvalue weighted by Gasteiger charge is -2.12. The Hall–Kier alpha value is -1.27. The highest BCUT2D eigenvalue weighted by Gasteiger charge is 2.18. The minimum atomic E-state index is -0.989. The van der Waals surface area contributed by atoms with Crippen molar-refractivity contribution in [3.8, 4) is 0 Å². The van der Waals surface area contributed by atoms with Gasteiger partial charge in [0.2, 0.25) is 0 Å². The molecule has 1 aromatic heterocycles. The summed E-state index contributed by atoms with van der Waals surface area (Å²) in [4.78, 5) is 0. The van der Waals surface area contributed by atoms with Crippen molar-refractivity contribution in [3.05, 3.63) is 51.3 Å². The molecule has 0 spiro atoms. The quantitative estimate of drug-likeness (QED) is 0.923. The van der Waals surface area contributed by atoms with Crippen LogP contribution >= 0.6 is 15.9 Å². The summed E-state index contributed by atoms with van der Waals surface area (Å²) in [5.74, 6) is -1.39. The van der Waals surface area contributed by atoms with Crippen LogP contribution in [0.2, 0.25) is 0 Å². The lowest BCUT2D eigenvalue weighted by molar-refractivity contribution is 0.174. The van der Waals surface area contributed by atoms with Crippen LogP contribution in [0.15, 0.2) is 22.7 Å². The number of halogens is 3. The molecule has 0 bridgehead atoms. The van der Waals surface area contributed by atoms with Crippen LogP contribution in [0.25, 0.3) is 0 Å². The van der Waals surface area contributed by atoms with Crippen LogP contribution in [-0.4, -0.2) is 14.9 Å². The number of aromatic nitrogens is 2. The molecule has 1 heterocycles. The van der Waals surface area contributed by atoms with E-state index in [4.69, 9.17) is 0 Å². The fraction of sp³-hybridized carbons (Fsp3) is 0.357. The standard InChI is InChI=1S/C14H15BrF2N2O/c1-3-11-14(15)12(19(2)18-11)7-13(20)8-4-9(16)6-10(17)5-8/h4-6,13,20H,3,7H2,1-2H3. The molecular formula is C14H15BrF2N2O. The van der Waals surface area contributed by atoms with E-state index >= 15 is 0 Å². The highest BCUT2D eigenvalue weighted by Crippen LogP contribution is 2.27. The number of aliphatic hydroxyl groups is 1. The second kappa shape index (κ2) is 6.01. The fourth-order valence-electron chi connectivity index (χ4n) is 2.11. The van der Waals surface area contributed by atoms with Gasteiger partial charge >= 0.3 is 0 Å². The van der Waals surface area contributed by atoms with Gasteiger partial charge in [-0.15, -0.1) is 0 Å². The molecule has 6 heteroatoms. The SMILES string of the molecule is CCc1nn(C)c(CC(O)c2cc(F)cc(F)c2)c1Br. The zero-order valence-electron chi connectivity index (χ0n) is 11.2. The average Bonchev–Trinajstić information content (AvgIpc) is 2.65. The third-order valence-electron chi connectivity index (χ3n) is 3.16. The molecule has 0 aliphatic carbocycles. The molecule has 0 fully saturated rings. The smallest absolute Gasteiger partial charge is 0.126 e. The number of hydrogen-bond donors (Lipinski definition) is 1. The lowest BCUT2D eigenvalue weighted by Crippen LogP contribution is -2.07. The molecule has 0 saturated heterocycles. The Morgan fingerprint density at radius 1 is 1.30 bits per heavy atom. The fourth-order valence-corrected chi connectivity index (χ4v) is 2.89. The Labute approximate surface area is 124 Å². The van der Waals surface area contributed by atoms with Gasteiger partial charge in [-0.3, -0.25) is 4.68 Å². The van der Waals surface area contributed by atoms with Crippen molar-refractivity contribution in [1.82, 2.24) is 9.78 Å². The van der Waals surface area contributed by atoms with Crippen molar-refractivity contribution in [2.75, 3.05) is 0 Å². The van der Waals surface area contributed by atoms with Crippen LogP contribution in [0, 0.1) is 11.6 Å². The molecule has 1 atom stereocenters. The van der Waals surface area contributed by atoms with Gasteiger partial charge in [0.15, 0.2) is 0 Å². The first-order valence-electron chi connectivity index (χ1n) is 6.26. The Morgan fingerprint density at radius 2 is 1.90 bits per heavy atom. The van der Waals surface area contributed by atoms with Crippen LogP contribution in [0.1, 0.15) is 30.0 Å². The van der Waals surface area contributed by atoms with E-state index in [9.17, 15) is 13.9 Å².